The highest BCUT2D eigenvalue weighted by molar-refractivity contribution is 7.87. The first kappa shape index (κ1) is 16.7. The Morgan fingerprint density at radius 3 is 2.57 bits per heavy atom. The molecule has 0 amide bonds. The predicted molar refractivity (Wildman–Crippen MR) is 85.5 cm³/mol. The Morgan fingerprint density at radius 2 is 1.95 bits per heavy atom. The van der Waals surface area contributed by atoms with Gasteiger partial charge in [0.05, 0.1) is 0 Å². The first-order chi connectivity index (χ1) is 9.97. The van der Waals surface area contributed by atoms with Crippen molar-refractivity contribution in [2.45, 2.75) is 31.8 Å². The quantitative estimate of drug-likeness (QED) is 0.678. The third-order valence-corrected chi connectivity index (χ3v) is 5.21. The molecular formula is C14H22ClN3O2S. The lowest BCUT2D eigenvalue weighted by atomic mass is 10.2. The molecule has 0 spiro atoms. The summed E-state index contributed by atoms with van der Waals surface area (Å²) >= 11 is 5.80. The monoisotopic (exact) mass is 331 g/mol. The van der Waals surface area contributed by atoms with Gasteiger partial charge < -0.3 is 5.32 Å². The Labute approximate surface area is 131 Å². The molecule has 1 fully saturated rings. The van der Waals surface area contributed by atoms with Crippen LogP contribution in [-0.4, -0.2) is 38.9 Å². The van der Waals surface area contributed by atoms with Crippen LogP contribution >= 0.6 is 11.6 Å². The van der Waals surface area contributed by atoms with E-state index < -0.39 is 10.2 Å². The van der Waals surface area contributed by atoms with E-state index in [1.807, 2.05) is 12.1 Å². The Kier molecular flexibility index (Phi) is 6.01. The van der Waals surface area contributed by atoms with Gasteiger partial charge >= 0.3 is 0 Å². The first-order valence-corrected chi connectivity index (χ1v) is 8.98. The van der Waals surface area contributed by atoms with Gasteiger partial charge in [-0.1, -0.05) is 23.7 Å². The maximum Gasteiger partial charge on any atom is 0.279 e. The summed E-state index contributed by atoms with van der Waals surface area (Å²) in [7, 11) is -1.83. The number of hydrogen-bond donors (Lipinski definition) is 2. The van der Waals surface area contributed by atoms with E-state index in [9.17, 15) is 8.42 Å². The molecule has 7 heteroatoms. The minimum atomic E-state index is -3.43. The topological polar surface area (TPSA) is 61.4 Å². The van der Waals surface area contributed by atoms with E-state index in [2.05, 4.69) is 10.0 Å². The maximum absolute atomic E-state index is 12.1. The number of hydrogen-bond acceptors (Lipinski definition) is 3. The number of benzene rings is 1. The highest BCUT2D eigenvalue weighted by atomic mass is 35.5. The van der Waals surface area contributed by atoms with Crippen LogP contribution in [0.5, 0.6) is 0 Å². The lowest BCUT2D eigenvalue weighted by Crippen LogP contribution is -2.39. The van der Waals surface area contributed by atoms with Gasteiger partial charge in [-0.3, -0.25) is 0 Å². The number of nitrogens with zero attached hydrogens (tertiary/aromatic N) is 1. The summed E-state index contributed by atoms with van der Waals surface area (Å²) in [6, 6.07) is 7.78. The van der Waals surface area contributed by atoms with E-state index in [0.29, 0.717) is 17.6 Å². The van der Waals surface area contributed by atoms with Crippen molar-refractivity contribution in [2.24, 2.45) is 0 Å². The zero-order chi connectivity index (χ0) is 15.3. The molecule has 1 aromatic carbocycles. The van der Waals surface area contributed by atoms with Crippen LogP contribution in [-0.2, 0) is 16.8 Å². The second kappa shape index (κ2) is 7.56. The summed E-state index contributed by atoms with van der Waals surface area (Å²) < 4.78 is 28.1. The van der Waals surface area contributed by atoms with Gasteiger partial charge in [0.15, 0.2) is 0 Å². The largest absolute Gasteiger partial charge is 0.314 e. The third kappa shape index (κ3) is 5.92. The fraction of sp³-hybridized carbons (Fsp3) is 0.571. The van der Waals surface area contributed by atoms with Crippen LogP contribution < -0.4 is 10.0 Å². The summed E-state index contributed by atoms with van der Waals surface area (Å²) in [6.45, 7) is 1.64. The number of rotatable bonds is 9. The molecule has 0 unspecified atom stereocenters. The maximum atomic E-state index is 12.1. The van der Waals surface area contributed by atoms with E-state index in [-0.39, 0.29) is 6.54 Å². The standard InChI is InChI=1S/C14H22ClN3O2S/c1-18(10-2-9-16-14-7-8-14)21(19,20)17-11-12-3-5-13(15)6-4-12/h3-6,14,16-17H,2,7-11H2,1H3. The minimum Gasteiger partial charge on any atom is -0.314 e. The average molecular weight is 332 g/mol. The van der Waals surface area contributed by atoms with Gasteiger partial charge in [0.2, 0.25) is 0 Å². The molecule has 0 atom stereocenters. The van der Waals surface area contributed by atoms with Gasteiger partial charge in [-0.15, -0.1) is 0 Å². The molecule has 21 heavy (non-hydrogen) atoms. The van der Waals surface area contributed by atoms with Gasteiger partial charge in [-0.05, 0) is 43.5 Å². The normalized spacial score (nSPS) is 15.6. The molecule has 0 saturated heterocycles. The number of halogens is 1. The lowest BCUT2D eigenvalue weighted by Gasteiger charge is -2.17. The highest BCUT2D eigenvalue weighted by Crippen LogP contribution is 2.18. The van der Waals surface area contributed by atoms with Gasteiger partial charge in [0.1, 0.15) is 0 Å². The molecule has 1 aliphatic rings. The fourth-order valence-corrected chi connectivity index (χ4v) is 2.97. The molecule has 118 valence electrons. The molecule has 1 aromatic rings. The average Bonchev–Trinajstić information content (AvgIpc) is 3.27. The molecule has 0 aromatic heterocycles. The van der Waals surface area contributed by atoms with Crippen LogP contribution in [0, 0.1) is 0 Å². The highest BCUT2D eigenvalue weighted by Gasteiger charge is 2.20. The van der Waals surface area contributed by atoms with Crippen molar-refractivity contribution in [1.29, 1.82) is 0 Å². The van der Waals surface area contributed by atoms with Crippen molar-refractivity contribution < 1.29 is 8.42 Å². The summed E-state index contributed by atoms with van der Waals surface area (Å²) in [6.07, 6.45) is 3.31. The van der Waals surface area contributed by atoms with E-state index in [4.69, 9.17) is 11.6 Å². The SMILES string of the molecule is CN(CCCNC1CC1)S(=O)(=O)NCc1ccc(Cl)cc1. The molecular weight excluding hydrogens is 310 g/mol. The lowest BCUT2D eigenvalue weighted by molar-refractivity contribution is 0.444. The van der Waals surface area contributed by atoms with E-state index >= 15 is 0 Å². The number of nitrogens with one attached hydrogen (secondary N) is 2. The molecule has 0 bridgehead atoms. The van der Waals surface area contributed by atoms with Crippen molar-refractivity contribution >= 4 is 21.8 Å². The van der Waals surface area contributed by atoms with Crippen molar-refractivity contribution in [2.75, 3.05) is 20.1 Å². The van der Waals surface area contributed by atoms with Crippen molar-refractivity contribution in [3.63, 3.8) is 0 Å². The van der Waals surface area contributed by atoms with E-state index in [1.165, 1.54) is 17.1 Å². The molecule has 0 aliphatic heterocycles. The minimum absolute atomic E-state index is 0.268. The Morgan fingerprint density at radius 1 is 1.29 bits per heavy atom. The van der Waals surface area contributed by atoms with E-state index in [0.717, 1.165) is 18.5 Å². The summed E-state index contributed by atoms with van der Waals surface area (Å²) in [4.78, 5) is 0. The van der Waals surface area contributed by atoms with E-state index in [1.54, 1.807) is 19.2 Å². The van der Waals surface area contributed by atoms with Crippen molar-refractivity contribution in [3.8, 4) is 0 Å². The van der Waals surface area contributed by atoms with Gasteiger partial charge in [0.25, 0.3) is 10.2 Å². The fourth-order valence-electron chi connectivity index (χ4n) is 1.90. The van der Waals surface area contributed by atoms with Gasteiger partial charge in [-0.25, -0.2) is 0 Å². The van der Waals surface area contributed by atoms with Gasteiger partial charge in [-0.2, -0.15) is 17.4 Å². The van der Waals surface area contributed by atoms with Crippen LogP contribution in [0.3, 0.4) is 0 Å². The molecule has 1 saturated carbocycles. The molecule has 0 heterocycles. The third-order valence-electron chi connectivity index (χ3n) is 3.44. The predicted octanol–water partition coefficient (Wildman–Crippen LogP) is 1.75. The van der Waals surface area contributed by atoms with Crippen LogP contribution in [0.15, 0.2) is 24.3 Å². The van der Waals surface area contributed by atoms with Gasteiger partial charge in [0, 0.05) is 31.2 Å². The molecule has 0 radical (unpaired) electrons. The summed E-state index contributed by atoms with van der Waals surface area (Å²) in [5, 5.41) is 4.01. The molecule has 2 N–H and O–H groups in total. The summed E-state index contributed by atoms with van der Waals surface area (Å²) in [5.74, 6) is 0. The molecule has 1 aliphatic carbocycles. The van der Waals surface area contributed by atoms with Crippen molar-refractivity contribution in [1.82, 2.24) is 14.3 Å². The molecule has 5 nitrogen and oxygen atoms in total. The molecule has 2 rings (SSSR count). The second-order valence-electron chi connectivity index (χ2n) is 5.36. The zero-order valence-corrected chi connectivity index (χ0v) is 13.8. The first-order valence-electron chi connectivity index (χ1n) is 7.16. The van der Waals surface area contributed by atoms with Crippen LogP contribution in [0.25, 0.3) is 0 Å². The van der Waals surface area contributed by atoms with Crippen LogP contribution in [0.2, 0.25) is 5.02 Å². The smallest absolute Gasteiger partial charge is 0.279 e. The Hall–Kier alpha value is -0.660. The Bertz CT molecular complexity index is 544. The Balaban J connectivity index is 1.72. The second-order valence-corrected chi connectivity index (χ2v) is 7.65. The zero-order valence-electron chi connectivity index (χ0n) is 12.2. The van der Waals surface area contributed by atoms with Crippen molar-refractivity contribution in [3.05, 3.63) is 34.9 Å². The van der Waals surface area contributed by atoms with Crippen LogP contribution in [0.4, 0.5) is 0 Å². The van der Waals surface area contributed by atoms with Crippen LogP contribution in [0.1, 0.15) is 24.8 Å². The summed E-state index contributed by atoms with van der Waals surface area (Å²) in [5.41, 5.74) is 0.881.